The van der Waals surface area contributed by atoms with Crippen LogP contribution in [0, 0.1) is 6.92 Å². The third-order valence-corrected chi connectivity index (χ3v) is 2.13. The smallest absolute Gasteiger partial charge is 0.323 e. The van der Waals surface area contributed by atoms with Gasteiger partial charge in [0.1, 0.15) is 5.76 Å². The van der Waals surface area contributed by atoms with Gasteiger partial charge in [0.2, 0.25) is 17.8 Å². The lowest BCUT2D eigenvalue weighted by atomic mass is 10.5. The van der Waals surface area contributed by atoms with E-state index in [1.54, 1.807) is 6.20 Å². The molecule has 8 nitrogen and oxygen atoms in total. The third kappa shape index (κ3) is 3.80. The second-order valence-corrected chi connectivity index (χ2v) is 3.87. The van der Waals surface area contributed by atoms with Gasteiger partial charge in [-0.25, -0.2) is 4.98 Å². The van der Waals surface area contributed by atoms with E-state index in [0.29, 0.717) is 25.0 Å². The summed E-state index contributed by atoms with van der Waals surface area (Å²) in [7, 11) is 0. The number of hydrogen-bond donors (Lipinski definition) is 2. The van der Waals surface area contributed by atoms with Crippen molar-refractivity contribution in [3.63, 3.8) is 0 Å². The van der Waals surface area contributed by atoms with Gasteiger partial charge in [-0.1, -0.05) is 6.92 Å². The number of aromatic nitrogens is 4. The van der Waals surface area contributed by atoms with Crippen LogP contribution in [0.25, 0.3) is 0 Å². The Morgan fingerprint density at radius 1 is 1.37 bits per heavy atom. The van der Waals surface area contributed by atoms with Crippen molar-refractivity contribution in [2.24, 2.45) is 0 Å². The van der Waals surface area contributed by atoms with Crippen LogP contribution in [0.15, 0.2) is 10.6 Å². The summed E-state index contributed by atoms with van der Waals surface area (Å²) in [5, 5.41) is 2.95. The van der Waals surface area contributed by atoms with Crippen molar-refractivity contribution in [3.05, 3.63) is 17.8 Å². The molecule has 2 aromatic heterocycles. The second-order valence-electron chi connectivity index (χ2n) is 3.87. The van der Waals surface area contributed by atoms with Gasteiger partial charge >= 0.3 is 6.01 Å². The number of nitrogens with zero attached hydrogens (tertiary/aromatic N) is 4. The molecule has 0 saturated heterocycles. The van der Waals surface area contributed by atoms with Crippen LogP contribution in [0.1, 0.15) is 25.0 Å². The lowest BCUT2D eigenvalue weighted by Gasteiger charge is -2.06. The number of nitrogen functional groups attached to an aromatic ring is 1. The van der Waals surface area contributed by atoms with Gasteiger partial charge in [0, 0.05) is 0 Å². The predicted molar refractivity (Wildman–Crippen MR) is 68.6 cm³/mol. The molecule has 0 spiro atoms. The topological polar surface area (TPSA) is 112 Å². The fraction of sp³-hybridized carbons (Fsp3) is 0.455. The summed E-state index contributed by atoms with van der Waals surface area (Å²) in [5.74, 6) is 1.73. The first-order valence-electron chi connectivity index (χ1n) is 5.97. The Morgan fingerprint density at radius 2 is 2.21 bits per heavy atom. The van der Waals surface area contributed by atoms with Gasteiger partial charge in [0.15, 0.2) is 0 Å². The maximum absolute atomic E-state index is 5.58. The van der Waals surface area contributed by atoms with E-state index in [4.69, 9.17) is 14.9 Å². The van der Waals surface area contributed by atoms with Gasteiger partial charge in [0.05, 0.1) is 19.3 Å². The molecule has 2 aromatic rings. The molecule has 0 atom stereocenters. The minimum atomic E-state index is 0.104. The summed E-state index contributed by atoms with van der Waals surface area (Å²) in [6.45, 7) is 4.72. The molecule has 0 radical (unpaired) electrons. The van der Waals surface area contributed by atoms with Crippen LogP contribution in [-0.4, -0.2) is 26.5 Å². The quantitative estimate of drug-likeness (QED) is 0.799. The highest BCUT2D eigenvalue weighted by atomic mass is 16.5. The zero-order valence-corrected chi connectivity index (χ0v) is 10.9. The van der Waals surface area contributed by atoms with Gasteiger partial charge in [-0.2, -0.15) is 15.0 Å². The summed E-state index contributed by atoms with van der Waals surface area (Å²) in [4.78, 5) is 16.0. The summed E-state index contributed by atoms with van der Waals surface area (Å²) < 4.78 is 10.6. The summed E-state index contributed by atoms with van der Waals surface area (Å²) >= 11 is 0. The van der Waals surface area contributed by atoms with E-state index in [-0.39, 0.29) is 12.0 Å². The Kier molecular flexibility index (Phi) is 4.11. The lowest BCUT2D eigenvalue weighted by molar-refractivity contribution is 0.292. The van der Waals surface area contributed by atoms with Crippen LogP contribution in [0.5, 0.6) is 6.01 Å². The minimum absolute atomic E-state index is 0.104. The maximum atomic E-state index is 5.58. The van der Waals surface area contributed by atoms with Gasteiger partial charge in [-0.3, -0.25) is 0 Å². The molecule has 0 fully saturated rings. The number of ether oxygens (including phenoxy) is 1. The first kappa shape index (κ1) is 13.1. The average Bonchev–Trinajstić information content (AvgIpc) is 2.79. The lowest BCUT2D eigenvalue weighted by Crippen LogP contribution is -2.09. The molecule has 0 aliphatic carbocycles. The Labute approximate surface area is 110 Å². The molecule has 8 heteroatoms. The first-order valence-corrected chi connectivity index (χ1v) is 5.97. The first-order chi connectivity index (χ1) is 9.17. The summed E-state index contributed by atoms with van der Waals surface area (Å²) in [6, 6.07) is 0.209. The highest BCUT2D eigenvalue weighted by Crippen LogP contribution is 2.10. The van der Waals surface area contributed by atoms with E-state index in [9.17, 15) is 0 Å². The van der Waals surface area contributed by atoms with Crippen molar-refractivity contribution in [2.75, 3.05) is 17.7 Å². The Balaban J connectivity index is 2.01. The van der Waals surface area contributed by atoms with Crippen LogP contribution in [0.3, 0.4) is 0 Å². The fourth-order valence-electron chi connectivity index (χ4n) is 1.35. The molecule has 2 heterocycles. The van der Waals surface area contributed by atoms with Crippen molar-refractivity contribution in [1.29, 1.82) is 0 Å². The Morgan fingerprint density at radius 3 is 2.89 bits per heavy atom. The molecule has 3 N–H and O–H groups in total. The van der Waals surface area contributed by atoms with E-state index >= 15 is 0 Å². The molecule has 0 unspecified atom stereocenters. The predicted octanol–water partition coefficient (Wildman–Crippen LogP) is 1.15. The van der Waals surface area contributed by atoms with Crippen molar-refractivity contribution >= 4 is 11.9 Å². The summed E-state index contributed by atoms with van der Waals surface area (Å²) in [5.41, 5.74) is 5.58. The van der Waals surface area contributed by atoms with Crippen molar-refractivity contribution in [2.45, 2.75) is 26.8 Å². The Bertz CT molecular complexity index is 542. The number of hydrogen-bond acceptors (Lipinski definition) is 8. The normalized spacial score (nSPS) is 10.4. The summed E-state index contributed by atoms with van der Waals surface area (Å²) in [6.07, 6.45) is 2.51. The largest absolute Gasteiger partial charge is 0.463 e. The molecule has 0 saturated carbocycles. The number of nitrogens with one attached hydrogen (secondary N) is 1. The number of anilines is 2. The molecular formula is C11H16N6O2. The zero-order valence-electron chi connectivity index (χ0n) is 10.9. The molecule has 102 valence electrons. The standard InChI is InChI=1S/C11H16N6O2/c1-3-4-18-11-16-9(12)15-10(17-11)14-6-8-13-5-7(2)19-8/h5H,3-4,6H2,1-2H3,(H3,12,14,15,16,17). The Hall–Kier alpha value is -2.38. The molecule has 19 heavy (non-hydrogen) atoms. The number of aryl methyl sites for hydroxylation is 1. The molecule has 0 bridgehead atoms. The molecule has 2 rings (SSSR count). The molecule has 0 aliphatic rings. The minimum Gasteiger partial charge on any atom is -0.463 e. The SMILES string of the molecule is CCCOc1nc(N)nc(NCc2ncc(C)o2)n1. The van der Waals surface area contributed by atoms with Crippen LogP contribution >= 0.6 is 0 Å². The van der Waals surface area contributed by atoms with Crippen molar-refractivity contribution in [3.8, 4) is 6.01 Å². The van der Waals surface area contributed by atoms with Crippen molar-refractivity contribution < 1.29 is 9.15 Å². The van der Waals surface area contributed by atoms with Crippen LogP contribution in [-0.2, 0) is 6.54 Å². The van der Waals surface area contributed by atoms with Gasteiger partial charge < -0.3 is 20.2 Å². The molecule has 0 amide bonds. The highest BCUT2D eigenvalue weighted by molar-refractivity contribution is 5.32. The average molecular weight is 264 g/mol. The van der Waals surface area contributed by atoms with Crippen LogP contribution in [0.2, 0.25) is 0 Å². The van der Waals surface area contributed by atoms with E-state index in [0.717, 1.165) is 12.2 Å². The van der Waals surface area contributed by atoms with E-state index in [1.165, 1.54) is 0 Å². The molecule has 0 aromatic carbocycles. The van der Waals surface area contributed by atoms with E-state index in [2.05, 4.69) is 25.3 Å². The van der Waals surface area contributed by atoms with Crippen molar-refractivity contribution in [1.82, 2.24) is 19.9 Å². The monoisotopic (exact) mass is 264 g/mol. The second kappa shape index (κ2) is 5.98. The van der Waals surface area contributed by atoms with E-state index < -0.39 is 0 Å². The van der Waals surface area contributed by atoms with Gasteiger partial charge in [-0.15, -0.1) is 0 Å². The van der Waals surface area contributed by atoms with Crippen LogP contribution < -0.4 is 15.8 Å². The maximum Gasteiger partial charge on any atom is 0.323 e. The fourth-order valence-corrected chi connectivity index (χ4v) is 1.35. The highest BCUT2D eigenvalue weighted by Gasteiger charge is 2.06. The van der Waals surface area contributed by atoms with Gasteiger partial charge in [-0.05, 0) is 13.3 Å². The van der Waals surface area contributed by atoms with Gasteiger partial charge in [0.25, 0.3) is 0 Å². The third-order valence-electron chi connectivity index (χ3n) is 2.13. The van der Waals surface area contributed by atoms with E-state index in [1.807, 2.05) is 13.8 Å². The number of oxazole rings is 1. The number of rotatable bonds is 6. The number of nitrogens with two attached hydrogens (primary N) is 1. The molecule has 0 aliphatic heterocycles. The zero-order chi connectivity index (χ0) is 13.7. The molecular weight excluding hydrogens is 248 g/mol. The van der Waals surface area contributed by atoms with Crippen LogP contribution in [0.4, 0.5) is 11.9 Å².